The second-order valence-electron chi connectivity index (χ2n) is 9.56. The molecule has 0 unspecified atom stereocenters. The number of carbonyl (C=O) groups is 2. The Bertz CT molecular complexity index is 1380. The number of benzene rings is 3. The van der Waals surface area contributed by atoms with Crippen molar-refractivity contribution in [1.82, 2.24) is 9.62 Å². The van der Waals surface area contributed by atoms with Crippen molar-refractivity contribution in [3.8, 4) is 5.75 Å². The van der Waals surface area contributed by atoms with Crippen molar-refractivity contribution in [1.29, 1.82) is 0 Å². The number of anilines is 1. The monoisotopic (exact) mass is 533 g/mol. The van der Waals surface area contributed by atoms with Gasteiger partial charge in [0.1, 0.15) is 5.75 Å². The lowest BCUT2D eigenvalue weighted by Gasteiger charge is -2.38. The molecule has 0 saturated carbocycles. The highest BCUT2D eigenvalue weighted by Crippen LogP contribution is 2.35. The molecular formula is C29H31N3O5S. The van der Waals surface area contributed by atoms with Crippen LogP contribution in [0.2, 0.25) is 0 Å². The third-order valence-corrected chi connectivity index (χ3v) is 8.88. The number of nitrogens with one attached hydrogen (secondary N) is 1. The maximum absolute atomic E-state index is 13.8. The summed E-state index contributed by atoms with van der Waals surface area (Å²) in [5.41, 5.74) is 1.71. The molecule has 2 aliphatic heterocycles. The fourth-order valence-electron chi connectivity index (χ4n) is 4.99. The SMILES string of the molecule is O=C(NCCc1ccccc1)[C@@H]1CN(C(=O)[C@H]2CCCN(S(=O)(=O)c3ccccc3)C2)c2ccccc2O1. The molecule has 1 fully saturated rings. The van der Waals surface area contributed by atoms with Gasteiger partial charge in [-0.2, -0.15) is 4.31 Å². The van der Waals surface area contributed by atoms with Crippen LogP contribution in [-0.2, 0) is 26.0 Å². The van der Waals surface area contributed by atoms with Crippen LogP contribution in [0.5, 0.6) is 5.75 Å². The predicted octanol–water partition coefficient (Wildman–Crippen LogP) is 3.24. The van der Waals surface area contributed by atoms with E-state index in [-0.39, 0.29) is 29.8 Å². The van der Waals surface area contributed by atoms with Gasteiger partial charge >= 0.3 is 0 Å². The molecule has 0 aliphatic carbocycles. The van der Waals surface area contributed by atoms with E-state index < -0.39 is 22.0 Å². The molecule has 1 N–H and O–H groups in total. The zero-order valence-corrected chi connectivity index (χ0v) is 21.8. The lowest BCUT2D eigenvalue weighted by molar-refractivity contribution is -0.129. The largest absolute Gasteiger partial charge is 0.477 e. The summed E-state index contributed by atoms with van der Waals surface area (Å²) < 4.78 is 33.8. The van der Waals surface area contributed by atoms with Crippen molar-refractivity contribution in [2.24, 2.45) is 5.92 Å². The van der Waals surface area contributed by atoms with Crippen LogP contribution in [0.4, 0.5) is 5.69 Å². The standard InChI is InChI=1S/C29H31N3O5S/c33-28(30-18-17-22-10-3-1-4-11-22)27-21-32(25-15-7-8-16-26(25)37-27)29(34)23-12-9-19-31(20-23)38(35,36)24-13-5-2-6-14-24/h1-8,10-11,13-16,23,27H,9,12,17-21H2,(H,30,33)/t23-,27-/m0/s1. The van der Waals surface area contributed by atoms with Gasteiger partial charge in [-0.15, -0.1) is 0 Å². The van der Waals surface area contributed by atoms with Gasteiger partial charge in [0.05, 0.1) is 23.0 Å². The summed E-state index contributed by atoms with van der Waals surface area (Å²) in [6, 6.07) is 25.3. The van der Waals surface area contributed by atoms with Gasteiger partial charge < -0.3 is 15.0 Å². The van der Waals surface area contributed by atoms with Crippen LogP contribution >= 0.6 is 0 Å². The highest BCUT2D eigenvalue weighted by atomic mass is 32.2. The second-order valence-corrected chi connectivity index (χ2v) is 11.5. The van der Waals surface area contributed by atoms with E-state index >= 15 is 0 Å². The van der Waals surface area contributed by atoms with Crippen molar-refractivity contribution in [2.45, 2.75) is 30.3 Å². The average Bonchev–Trinajstić information content (AvgIpc) is 2.97. The number of nitrogens with zero attached hydrogens (tertiary/aromatic N) is 2. The van der Waals surface area contributed by atoms with Crippen LogP contribution in [0.25, 0.3) is 0 Å². The third-order valence-electron chi connectivity index (χ3n) is 7.00. The molecule has 0 spiro atoms. The first kappa shape index (κ1) is 25.9. The molecule has 5 rings (SSSR count). The van der Waals surface area contributed by atoms with Gasteiger partial charge in [0.2, 0.25) is 15.9 Å². The molecule has 198 valence electrons. The Balaban J connectivity index is 1.29. The number of para-hydroxylation sites is 2. The number of fused-ring (bicyclic) bond motifs is 1. The minimum atomic E-state index is -3.70. The summed E-state index contributed by atoms with van der Waals surface area (Å²) in [6.45, 7) is 0.985. The molecule has 0 radical (unpaired) electrons. The average molecular weight is 534 g/mol. The number of sulfonamides is 1. The van der Waals surface area contributed by atoms with E-state index in [0.29, 0.717) is 43.8 Å². The minimum absolute atomic E-state index is 0.0644. The number of hydrogen-bond donors (Lipinski definition) is 1. The number of piperidine rings is 1. The Morgan fingerprint density at radius 2 is 1.58 bits per heavy atom. The topological polar surface area (TPSA) is 96.0 Å². The van der Waals surface area contributed by atoms with Gasteiger partial charge in [-0.25, -0.2) is 8.42 Å². The molecular weight excluding hydrogens is 502 g/mol. The first-order valence-electron chi connectivity index (χ1n) is 12.9. The quantitative estimate of drug-likeness (QED) is 0.503. The van der Waals surface area contributed by atoms with Gasteiger partial charge in [0.25, 0.3) is 5.91 Å². The fraction of sp³-hybridized carbons (Fsp3) is 0.310. The molecule has 0 aromatic heterocycles. The van der Waals surface area contributed by atoms with Gasteiger partial charge in [0.15, 0.2) is 6.10 Å². The molecule has 3 aromatic rings. The minimum Gasteiger partial charge on any atom is -0.477 e. The summed E-state index contributed by atoms with van der Waals surface area (Å²) in [7, 11) is -3.70. The maximum atomic E-state index is 13.8. The zero-order valence-electron chi connectivity index (χ0n) is 21.0. The molecule has 1 saturated heterocycles. The van der Waals surface area contributed by atoms with Crippen molar-refractivity contribution >= 4 is 27.5 Å². The number of carbonyl (C=O) groups excluding carboxylic acids is 2. The summed E-state index contributed by atoms with van der Waals surface area (Å²) in [4.78, 5) is 28.6. The summed E-state index contributed by atoms with van der Waals surface area (Å²) in [6.07, 6.45) is 0.981. The van der Waals surface area contributed by atoms with E-state index in [9.17, 15) is 18.0 Å². The highest BCUT2D eigenvalue weighted by Gasteiger charge is 2.39. The molecule has 38 heavy (non-hydrogen) atoms. The summed E-state index contributed by atoms with van der Waals surface area (Å²) in [5, 5.41) is 2.93. The Morgan fingerprint density at radius 1 is 0.895 bits per heavy atom. The smallest absolute Gasteiger partial charge is 0.262 e. The normalized spacial score (nSPS) is 19.7. The molecule has 2 heterocycles. The number of hydrogen-bond acceptors (Lipinski definition) is 5. The van der Waals surface area contributed by atoms with Crippen molar-refractivity contribution < 1.29 is 22.7 Å². The van der Waals surface area contributed by atoms with Crippen LogP contribution in [0, 0.1) is 5.92 Å². The van der Waals surface area contributed by atoms with Crippen LogP contribution in [-0.4, -0.2) is 56.8 Å². The van der Waals surface area contributed by atoms with Gasteiger partial charge in [-0.1, -0.05) is 60.7 Å². The Morgan fingerprint density at radius 3 is 2.34 bits per heavy atom. The molecule has 8 nitrogen and oxygen atoms in total. The van der Waals surface area contributed by atoms with Crippen molar-refractivity contribution in [2.75, 3.05) is 31.1 Å². The predicted molar refractivity (Wildman–Crippen MR) is 144 cm³/mol. The Kier molecular flexibility index (Phi) is 7.76. The van der Waals surface area contributed by atoms with E-state index in [2.05, 4.69) is 5.32 Å². The van der Waals surface area contributed by atoms with Gasteiger partial charge in [-0.3, -0.25) is 9.59 Å². The summed E-state index contributed by atoms with van der Waals surface area (Å²) >= 11 is 0. The number of amides is 2. The third kappa shape index (κ3) is 5.58. The first-order chi connectivity index (χ1) is 18.4. The number of ether oxygens (including phenoxy) is 1. The first-order valence-corrected chi connectivity index (χ1v) is 14.3. The fourth-order valence-corrected chi connectivity index (χ4v) is 6.54. The lowest BCUT2D eigenvalue weighted by Crippen LogP contribution is -2.54. The molecule has 2 aliphatic rings. The van der Waals surface area contributed by atoms with E-state index in [4.69, 9.17) is 4.74 Å². The lowest BCUT2D eigenvalue weighted by atomic mass is 9.97. The second kappa shape index (κ2) is 11.4. The van der Waals surface area contributed by atoms with Crippen LogP contribution < -0.4 is 15.0 Å². The van der Waals surface area contributed by atoms with E-state index in [1.165, 1.54) is 4.31 Å². The zero-order chi connectivity index (χ0) is 26.5. The van der Waals surface area contributed by atoms with Gasteiger partial charge in [0, 0.05) is 19.6 Å². The van der Waals surface area contributed by atoms with E-state index in [1.54, 1.807) is 53.4 Å². The van der Waals surface area contributed by atoms with Crippen LogP contribution in [0.3, 0.4) is 0 Å². The molecule has 2 amide bonds. The highest BCUT2D eigenvalue weighted by molar-refractivity contribution is 7.89. The maximum Gasteiger partial charge on any atom is 0.262 e. The van der Waals surface area contributed by atoms with Crippen molar-refractivity contribution in [3.05, 3.63) is 90.5 Å². The molecule has 2 atom stereocenters. The van der Waals surface area contributed by atoms with Gasteiger partial charge in [-0.05, 0) is 49.1 Å². The van der Waals surface area contributed by atoms with Crippen LogP contribution in [0.1, 0.15) is 18.4 Å². The molecule has 9 heteroatoms. The van der Waals surface area contributed by atoms with Crippen molar-refractivity contribution in [3.63, 3.8) is 0 Å². The van der Waals surface area contributed by atoms with Crippen LogP contribution in [0.15, 0.2) is 89.8 Å². The van der Waals surface area contributed by atoms with E-state index in [0.717, 1.165) is 5.56 Å². The number of rotatable bonds is 7. The molecule has 0 bridgehead atoms. The van der Waals surface area contributed by atoms with E-state index in [1.807, 2.05) is 36.4 Å². The summed E-state index contributed by atoms with van der Waals surface area (Å²) in [5.74, 6) is -0.545. The Labute approximate surface area is 223 Å². The Hall–Kier alpha value is -3.69. The molecule has 3 aromatic carbocycles.